The Labute approximate surface area is 118 Å². The van der Waals surface area contributed by atoms with E-state index in [2.05, 4.69) is 12.2 Å². The fourth-order valence-electron chi connectivity index (χ4n) is 2.38. The van der Waals surface area contributed by atoms with Crippen molar-refractivity contribution < 1.29 is 13.2 Å². The third kappa shape index (κ3) is 4.72. The van der Waals surface area contributed by atoms with E-state index in [-0.39, 0.29) is 11.2 Å². The van der Waals surface area contributed by atoms with Gasteiger partial charge in [0.15, 0.2) is 9.84 Å². The van der Waals surface area contributed by atoms with Crippen molar-refractivity contribution in [2.75, 3.05) is 32.1 Å². The van der Waals surface area contributed by atoms with Crippen molar-refractivity contribution in [1.82, 2.24) is 5.32 Å². The predicted molar refractivity (Wildman–Crippen MR) is 79.2 cm³/mol. The van der Waals surface area contributed by atoms with E-state index in [0.717, 1.165) is 32.5 Å². The molecule has 0 spiro atoms. The molecule has 0 saturated carbocycles. The van der Waals surface area contributed by atoms with Gasteiger partial charge in [0.2, 0.25) is 0 Å². The second-order valence-corrected chi connectivity index (χ2v) is 9.48. The van der Waals surface area contributed by atoms with Gasteiger partial charge in [0.05, 0.1) is 17.1 Å². The second kappa shape index (κ2) is 6.55. The minimum Gasteiger partial charge on any atom is -0.381 e. The summed E-state index contributed by atoms with van der Waals surface area (Å²) in [6.45, 7) is 10.6. The summed E-state index contributed by atoms with van der Waals surface area (Å²) in [6.07, 6.45) is 2.78. The molecule has 0 aromatic heterocycles. The minimum atomic E-state index is -3.04. The van der Waals surface area contributed by atoms with Crippen LogP contribution in [0.25, 0.3) is 0 Å². The summed E-state index contributed by atoms with van der Waals surface area (Å²) in [7, 11) is -3.04. The normalized spacial score (nSPS) is 25.5. The number of rotatable bonds is 6. The van der Waals surface area contributed by atoms with Crippen molar-refractivity contribution in [3.8, 4) is 0 Å². The lowest BCUT2D eigenvalue weighted by atomic mass is 9.80. The minimum absolute atomic E-state index is 0.00736. The third-order valence-corrected chi connectivity index (χ3v) is 6.60. The molecular weight excluding hydrogens is 262 g/mol. The summed E-state index contributed by atoms with van der Waals surface area (Å²) >= 11 is 0. The first-order valence-corrected chi connectivity index (χ1v) is 8.88. The first kappa shape index (κ1) is 16.9. The van der Waals surface area contributed by atoms with Gasteiger partial charge in [-0.2, -0.15) is 0 Å². The Hall–Kier alpha value is -0.130. The van der Waals surface area contributed by atoms with E-state index in [0.29, 0.717) is 13.0 Å². The van der Waals surface area contributed by atoms with Gasteiger partial charge in [-0.3, -0.25) is 0 Å². The van der Waals surface area contributed by atoms with Crippen LogP contribution >= 0.6 is 0 Å². The van der Waals surface area contributed by atoms with Crippen LogP contribution in [-0.2, 0) is 14.6 Å². The van der Waals surface area contributed by atoms with Crippen LogP contribution in [0.1, 0.15) is 47.0 Å². The van der Waals surface area contributed by atoms with Crippen LogP contribution in [0.4, 0.5) is 0 Å². The molecule has 0 amide bonds. The maximum Gasteiger partial charge on any atom is 0.155 e. The van der Waals surface area contributed by atoms with Crippen LogP contribution in [0, 0.1) is 5.41 Å². The Balaban J connectivity index is 2.68. The van der Waals surface area contributed by atoms with Gasteiger partial charge >= 0.3 is 0 Å². The van der Waals surface area contributed by atoms with Crippen LogP contribution in [-0.4, -0.2) is 45.2 Å². The van der Waals surface area contributed by atoms with E-state index in [1.807, 2.05) is 0 Å². The SMILES string of the molecule is CCNCC1(CCS(=O)(=O)C(C)(C)C)CCCOC1. The summed E-state index contributed by atoms with van der Waals surface area (Å²) in [5, 5.41) is 3.36. The van der Waals surface area contributed by atoms with E-state index in [9.17, 15) is 8.42 Å². The fraction of sp³-hybridized carbons (Fsp3) is 1.00. The van der Waals surface area contributed by atoms with E-state index >= 15 is 0 Å². The fourth-order valence-corrected chi connectivity index (χ4v) is 3.70. The lowest BCUT2D eigenvalue weighted by molar-refractivity contribution is -0.00872. The van der Waals surface area contributed by atoms with Gasteiger partial charge in [-0.05, 0) is 46.6 Å². The topological polar surface area (TPSA) is 55.4 Å². The Kier molecular flexibility index (Phi) is 5.83. The maximum absolute atomic E-state index is 12.2. The van der Waals surface area contributed by atoms with Crippen LogP contribution < -0.4 is 5.32 Å². The van der Waals surface area contributed by atoms with Crippen LogP contribution in [0.5, 0.6) is 0 Å². The van der Waals surface area contributed by atoms with Crippen LogP contribution in [0.3, 0.4) is 0 Å². The molecule has 0 aliphatic carbocycles. The molecule has 4 nitrogen and oxygen atoms in total. The van der Waals surface area contributed by atoms with Crippen LogP contribution in [0.15, 0.2) is 0 Å². The Morgan fingerprint density at radius 1 is 1.32 bits per heavy atom. The van der Waals surface area contributed by atoms with Crippen molar-refractivity contribution in [2.45, 2.75) is 51.7 Å². The van der Waals surface area contributed by atoms with Gasteiger partial charge in [-0.15, -0.1) is 0 Å². The molecule has 0 aromatic carbocycles. The smallest absolute Gasteiger partial charge is 0.155 e. The number of sulfone groups is 1. The monoisotopic (exact) mass is 291 g/mol. The first-order valence-electron chi connectivity index (χ1n) is 7.23. The van der Waals surface area contributed by atoms with Crippen molar-refractivity contribution in [1.29, 1.82) is 0 Å². The third-order valence-electron chi connectivity index (χ3n) is 3.99. The zero-order chi connectivity index (χ0) is 14.6. The first-order chi connectivity index (χ1) is 8.72. The average Bonchev–Trinajstić information content (AvgIpc) is 2.34. The zero-order valence-electron chi connectivity index (χ0n) is 12.8. The molecule has 1 aliphatic heterocycles. The number of hydrogen-bond donors (Lipinski definition) is 1. The molecule has 1 fully saturated rings. The molecule has 0 radical (unpaired) electrons. The lowest BCUT2D eigenvalue weighted by Gasteiger charge is -2.38. The van der Waals surface area contributed by atoms with E-state index in [1.165, 1.54) is 0 Å². The highest BCUT2D eigenvalue weighted by Gasteiger charge is 2.36. The van der Waals surface area contributed by atoms with Crippen LogP contribution in [0.2, 0.25) is 0 Å². The Morgan fingerprint density at radius 3 is 2.47 bits per heavy atom. The molecule has 1 unspecified atom stereocenters. The summed E-state index contributed by atoms with van der Waals surface area (Å²) in [5.41, 5.74) is -0.00736. The Bertz CT molecular complexity index is 365. The van der Waals surface area contributed by atoms with E-state index in [1.54, 1.807) is 20.8 Å². The highest BCUT2D eigenvalue weighted by atomic mass is 32.2. The Morgan fingerprint density at radius 2 is 2.00 bits per heavy atom. The van der Waals surface area contributed by atoms with Gasteiger partial charge in [0, 0.05) is 18.6 Å². The summed E-state index contributed by atoms with van der Waals surface area (Å²) in [5.74, 6) is 0.255. The highest BCUT2D eigenvalue weighted by Crippen LogP contribution is 2.33. The van der Waals surface area contributed by atoms with Gasteiger partial charge in [-0.1, -0.05) is 6.92 Å². The van der Waals surface area contributed by atoms with Crippen molar-refractivity contribution in [2.24, 2.45) is 5.41 Å². The lowest BCUT2D eigenvalue weighted by Crippen LogP contribution is -2.43. The largest absolute Gasteiger partial charge is 0.381 e. The summed E-state index contributed by atoms with van der Waals surface area (Å²) in [6, 6.07) is 0. The van der Waals surface area contributed by atoms with Crippen molar-refractivity contribution in [3.63, 3.8) is 0 Å². The van der Waals surface area contributed by atoms with Gasteiger partial charge in [-0.25, -0.2) is 8.42 Å². The van der Waals surface area contributed by atoms with Gasteiger partial charge in [0.1, 0.15) is 0 Å². The maximum atomic E-state index is 12.2. The molecule has 1 N–H and O–H groups in total. The highest BCUT2D eigenvalue weighted by molar-refractivity contribution is 7.92. The molecular formula is C14H29NO3S. The molecule has 114 valence electrons. The standard InChI is InChI=1S/C14H29NO3S/c1-5-15-11-14(7-6-9-18-12-14)8-10-19(16,17)13(2,3)4/h15H,5-12H2,1-4H3. The summed E-state index contributed by atoms with van der Waals surface area (Å²) < 4.78 is 29.4. The predicted octanol–water partition coefficient (Wildman–Crippen LogP) is 2.00. The quantitative estimate of drug-likeness (QED) is 0.813. The van der Waals surface area contributed by atoms with Crippen molar-refractivity contribution in [3.05, 3.63) is 0 Å². The van der Waals surface area contributed by atoms with E-state index in [4.69, 9.17) is 4.74 Å². The molecule has 1 aliphatic rings. The van der Waals surface area contributed by atoms with Crippen molar-refractivity contribution >= 4 is 9.84 Å². The molecule has 1 heterocycles. The molecule has 19 heavy (non-hydrogen) atoms. The zero-order valence-corrected chi connectivity index (χ0v) is 13.6. The number of hydrogen-bond acceptors (Lipinski definition) is 4. The molecule has 5 heteroatoms. The molecule has 1 rings (SSSR count). The van der Waals surface area contributed by atoms with E-state index < -0.39 is 14.6 Å². The second-order valence-electron chi connectivity index (χ2n) is 6.62. The molecule has 1 atom stereocenters. The summed E-state index contributed by atoms with van der Waals surface area (Å²) in [4.78, 5) is 0. The molecule has 0 bridgehead atoms. The van der Waals surface area contributed by atoms with Gasteiger partial charge in [0.25, 0.3) is 0 Å². The number of nitrogens with one attached hydrogen (secondary N) is 1. The number of ether oxygens (including phenoxy) is 1. The average molecular weight is 291 g/mol. The molecule has 0 aromatic rings. The molecule has 1 saturated heterocycles. The van der Waals surface area contributed by atoms with Gasteiger partial charge < -0.3 is 10.1 Å².